The van der Waals surface area contributed by atoms with E-state index < -0.39 is 0 Å². The second-order valence-corrected chi connectivity index (χ2v) is 16.7. The first kappa shape index (κ1) is 31.9. The Hall–Kier alpha value is -5.80. The van der Waals surface area contributed by atoms with Crippen LogP contribution in [0.15, 0.2) is 170 Å². The smallest absolute Gasteiger partial charge is 0.0361 e. The Morgan fingerprint density at radius 1 is 0.453 bits per heavy atom. The van der Waals surface area contributed by atoms with Crippen molar-refractivity contribution in [3.8, 4) is 11.1 Å². The van der Waals surface area contributed by atoms with Crippen LogP contribution in [0.1, 0.15) is 41.7 Å². The van der Waals surface area contributed by atoms with Crippen LogP contribution in [0.4, 0.5) is 0 Å². The first-order valence-corrected chi connectivity index (χ1v) is 19.8. The topological polar surface area (TPSA) is 0 Å². The zero-order chi connectivity index (χ0) is 35.7. The molecule has 0 saturated heterocycles. The molecule has 1 aliphatic rings. The summed E-state index contributed by atoms with van der Waals surface area (Å²) < 4.78 is 5.24. The molecule has 0 aliphatic heterocycles. The lowest BCUT2D eigenvalue weighted by Gasteiger charge is -2.27. The van der Waals surface area contributed by atoms with Crippen LogP contribution in [0, 0.1) is 0 Å². The monoisotopic (exact) mass is 712 g/mol. The molecule has 2 heteroatoms. The van der Waals surface area contributed by atoms with Crippen molar-refractivity contribution < 1.29 is 0 Å². The maximum atomic E-state index is 4.98. The van der Waals surface area contributed by atoms with Gasteiger partial charge in [0.2, 0.25) is 0 Å². The molecule has 0 unspecified atom stereocenters. The van der Waals surface area contributed by atoms with Crippen LogP contribution < -0.4 is 0 Å². The number of benzene rings is 6. The van der Waals surface area contributed by atoms with Crippen LogP contribution in [0.2, 0.25) is 0 Å². The third-order valence-corrected chi connectivity index (χ3v) is 13.4. The molecule has 0 N–H and O–H groups in total. The Kier molecular flexibility index (Phi) is 7.47. The van der Waals surface area contributed by atoms with Gasteiger partial charge in [-0.25, -0.2) is 0 Å². The van der Waals surface area contributed by atoms with E-state index in [9.17, 15) is 0 Å². The van der Waals surface area contributed by atoms with Gasteiger partial charge in [-0.1, -0.05) is 154 Å². The van der Waals surface area contributed by atoms with Gasteiger partial charge >= 0.3 is 0 Å². The number of hydrogen-bond donors (Lipinski definition) is 0. The highest BCUT2D eigenvalue weighted by Crippen LogP contribution is 2.50. The molecule has 252 valence electrons. The van der Waals surface area contributed by atoms with Gasteiger partial charge in [0.15, 0.2) is 0 Å². The van der Waals surface area contributed by atoms with Crippen LogP contribution in [0.25, 0.3) is 79.5 Å². The van der Waals surface area contributed by atoms with Crippen molar-refractivity contribution in [2.24, 2.45) is 0 Å². The molecular weight excluding hydrogens is 677 g/mol. The molecule has 0 radical (unpaired) electrons. The standard InChI is InChI=1S/C51H36S2/c1-32(42-30-44-40-22-12-15-25-48(40)53-50(44)31-43(42)46-28-34-16-8-13-23-45(34)51(46,2)3)35-17-6-4-5-7-18-36(38-20-10-9-19-37(35)38)33-26-27-41-39-21-11-14-24-47(39)52-49(41)29-33/h4-31H,1H2,2-3H3. The van der Waals surface area contributed by atoms with Gasteiger partial charge in [0.25, 0.3) is 0 Å². The third-order valence-electron chi connectivity index (χ3n) is 11.1. The predicted molar refractivity (Wildman–Crippen MR) is 235 cm³/mol. The van der Waals surface area contributed by atoms with Crippen molar-refractivity contribution in [1.29, 1.82) is 0 Å². The highest BCUT2D eigenvalue weighted by Gasteiger charge is 2.35. The number of fused-ring (bicyclic) bond motifs is 8. The lowest BCUT2D eigenvalue weighted by molar-refractivity contribution is 0.704. The summed E-state index contributed by atoms with van der Waals surface area (Å²) in [5.74, 6) is 0. The minimum Gasteiger partial charge on any atom is -0.135 e. The van der Waals surface area contributed by atoms with Crippen molar-refractivity contribution in [1.82, 2.24) is 0 Å². The van der Waals surface area contributed by atoms with Gasteiger partial charge in [-0.15, -0.1) is 22.7 Å². The Labute approximate surface area is 318 Å². The predicted octanol–water partition coefficient (Wildman–Crippen LogP) is 15.3. The van der Waals surface area contributed by atoms with E-state index in [1.165, 1.54) is 90.1 Å². The van der Waals surface area contributed by atoms with Gasteiger partial charge in [0, 0.05) is 45.8 Å². The Bertz CT molecular complexity index is 3050. The van der Waals surface area contributed by atoms with E-state index in [4.69, 9.17) is 6.58 Å². The maximum Gasteiger partial charge on any atom is 0.0361 e. The number of thiophene rings is 2. The van der Waals surface area contributed by atoms with E-state index in [0.717, 1.165) is 11.1 Å². The van der Waals surface area contributed by atoms with Gasteiger partial charge in [0.05, 0.1) is 0 Å². The van der Waals surface area contributed by atoms with E-state index >= 15 is 0 Å². The van der Waals surface area contributed by atoms with Crippen LogP contribution in [0.5, 0.6) is 0 Å². The van der Waals surface area contributed by atoms with Crippen LogP contribution >= 0.6 is 22.7 Å². The lowest BCUT2D eigenvalue weighted by Crippen LogP contribution is -2.17. The van der Waals surface area contributed by atoms with Gasteiger partial charge in [-0.05, 0) is 97.3 Å². The third kappa shape index (κ3) is 5.16. The highest BCUT2D eigenvalue weighted by molar-refractivity contribution is 7.26. The molecule has 0 spiro atoms. The average Bonchev–Trinajstić information content (AvgIpc) is 3.83. The Balaban J connectivity index is 1.23. The van der Waals surface area contributed by atoms with Crippen molar-refractivity contribution in [2.45, 2.75) is 19.3 Å². The minimum atomic E-state index is -0.162. The normalized spacial score (nSPS) is 13.4. The summed E-state index contributed by atoms with van der Waals surface area (Å²) in [5, 5.41) is 7.57. The number of allylic oxidation sites excluding steroid dienone is 1. The molecule has 0 amide bonds. The van der Waals surface area contributed by atoms with Crippen molar-refractivity contribution in [2.75, 3.05) is 0 Å². The van der Waals surface area contributed by atoms with Gasteiger partial charge in [-0.2, -0.15) is 0 Å². The number of hydrogen-bond acceptors (Lipinski definition) is 2. The van der Waals surface area contributed by atoms with Gasteiger partial charge < -0.3 is 0 Å². The molecule has 1 aliphatic carbocycles. The fourth-order valence-electron chi connectivity index (χ4n) is 8.45. The van der Waals surface area contributed by atoms with Gasteiger partial charge in [0.1, 0.15) is 0 Å². The number of rotatable bonds is 4. The largest absolute Gasteiger partial charge is 0.135 e. The van der Waals surface area contributed by atoms with E-state index in [2.05, 4.69) is 184 Å². The molecule has 2 heterocycles. The van der Waals surface area contributed by atoms with E-state index in [1.54, 1.807) is 0 Å². The molecule has 7 aromatic carbocycles. The van der Waals surface area contributed by atoms with Gasteiger partial charge in [-0.3, -0.25) is 0 Å². The average molecular weight is 713 g/mol. The molecule has 2 aromatic heterocycles. The SMILES string of the molecule is C=C(c1cc2c(cc1C1=Cc3ccccc3C1(C)C)sc1ccccc12)c1ccccccc(-c2ccc3c(c2)sc2ccccc23)c2ccccc12. The fraction of sp³-hybridized carbons (Fsp3) is 0.0588. The fourth-order valence-corrected chi connectivity index (χ4v) is 10.7. The first-order chi connectivity index (χ1) is 26.0. The maximum absolute atomic E-state index is 4.98. The van der Waals surface area contributed by atoms with Crippen LogP contribution in [-0.2, 0) is 5.41 Å². The zero-order valence-corrected chi connectivity index (χ0v) is 31.3. The summed E-state index contributed by atoms with van der Waals surface area (Å²) >= 11 is 3.74. The van der Waals surface area contributed by atoms with E-state index in [0.29, 0.717) is 0 Å². The molecule has 0 fully saturated rings. The molecule has 9 aromatic rings. The summed E-state index contributed by atoms with van der Waals surface area (Å²) in [5.41, 5.74) is 10.8. The first-order valence-electron chi connectivity index (χ1n) is 18.2. The molecule has 0 nitrogen and oxygen atoms in total. The molecule has 0 atom stereocenters. The zero-order valence-electron chi connectivity index (χ0n) is 29.7. The van der Waals surface area contributed by atoms with E-state index in [1.807, 2.05) is 22.7 Å². The Morgan fingerprint density at radius 2 is 1.04 bits per heavy atom. The summed E-state index contributed by atoms with van der Waals surface area (Å²) in [4.78, 5) is 0. The summed E-state index contributed by atoms with van der Waals surface area (Å²) in [6.07, 6.45) is 2.41. The molecule has 0 bridgehead atoms. The second kappa shape index (κ2) is 12.4. The molecule has 53 heavy (non-hydrogen) atoms. The second-order valence-electron chi connectivity index (χ2n) is 14.5. The van der Waals surface area contributed by atoms with Crippen molar-refractivity contribution >= 4 is 91.0 Å². The van der Waals surface area contributed by atoms with Crippen molar-refractivity contribution in [3.05, 3.63) is 198 Å². The van der Waals surface area contributed by atoms with Crippen LogP contribution in [-0.4, -0.2) is 0 Å². The lowest BCUT2D eigenvalue weighted by atomic mass is 9.76. The summed E-state index contributed by atoms with van der Waals surface area (Å²) in [6.45, 7) is 9.71. The molecule has 10 rings (SSSR count). The quantitative estimate of drug-likeness (QED) is 0.170. The van der Waals surface area contributed by atoms with E-state index in [-0.39, 0.29) is 5.41 Å². The van der Waals surface area contributed by atoms with Crippen molar-refractivity contribution in [3.63, 3.8) is 0 Å². The molecular formula is C51H36S2. The highest BCUT2D eigenvalue weighted by atomic mass is 32.1. The minimum absolute atomic E-state index is 0.162. The summed E-state index contributed by atoms with van der Waals surface area (Å²) in [7, 11) is 0. The Morgan fingerprint density at radius 3 is 1.79 bits per heavy atom. The summed E-state index contributed by atoms with van der Waals surface area (Å²) in [6, 6.07) is 60.1. The molecule has 0 saturated carbocycles. The van der Waals surface area contributed by atoms with Crippen LogP contribution in [0.3, 0.4) is 0 Å².